The molecule has 0 unspecified atom stereocenters. The standard InChI is InChI=1S/C15H13ClN2O2S/c1-21(19,20)12-6-7-13-14(9-12)18-15(17-13)8-10-2-4-11(16)5-3-10/h2-7,9H,8H2,1H3,(H,17,18). The number of imidazole rings is 1. The van der Waals surface area contributed by atoms with E-state index in [-0.39, 0.29) is 4.90 Å². The largest absolute Gasteiger partial charge is 0.342 e. The van der Waals surface area contributed by atoms with Crippen LogP contribution in [0, 0.1) is 0 Å². The summed E-state index contributed by atoms with van der Waals surface area (Å²) in [5, 5.41) is 0.696. The Labute approximate surface area is 127 Å². The minimum Gasteiger partial charge on any atom is -0.342 e. The Hall–Kier alpha value is -1.85. The van der Waals surface area contributed by atoms with Gasteiger partial charge in [0.25, 0.3) is 0 Å². The normalized spacial score (nSPS) is 11.9. The van der Waals surface area contributed by atoms with E-state index in [1.54, 1.807) is 18.2 Å². The van der Waals surface area contributed by atoms with Crippen molar-refractivity contribution in [2.24, 2.45) is 0 Å². The van der Waals surface area contributed by atoms with Crippen molar-refractivity contribution in [1.82, 2.24) is 9.97 Å². The fraction of sp³-hybridized carbons (Fsp3) is 0.133. The SMILES string of the molecule is CS(=O)(=O)c1ccc2nc(Cc3ccc(Cl)cc3)[nH]c2c1. The average molecular weight is 321 g/mol. The van der Waals surface area contributed by atoms with Crippen LogP contribution in [0.3, 0.4) is 0 Å². The second kappa shape index (κ2) is 5.16. The monoisotopic (exact) mass is 320 g/mol. The summed E-state index contributed by atoms with van der Waals surface area (Å²) in [5.74, 6) is 0.790. The molecular weight excluding hydrogens is 308 g/mol. The van der Waals surface area contributed by atoms with E-state index < -0.39 is 9.84 Å². The van der Waals surface area contributed by atoms with Gasteiger partial charge in [0.15, 0.2) is 9.84 Å². The van der Waals surface area contributed by atoms with E-state index in [4.69, 9.17) is 11.6 Å². The topological polar surface area (TPSA) is 62.8 Å². The molecule has 1 heterocycles. The predicted octanol–water partition coefficient (Wildman–Crippen LogP) is 3.21. The van der Waals surface area contributed by atoms with E-state index in [1.807, 2.05) is 24.3 Å². The molecule has 0 saturated carbocycles. The highest BCUT2D eigenvalue weighted by Gasteiger charge is 2.10. The van der Waals surface area contributed by atoms with Gasteiger partial charge in [-0.1, -0.05) is 23.7 Å². The first-order chi connectivity index (χ1) is 9.91. The molecule has 108 valence electrons. The van der Waals surface area contributed by atoms with E-state index in [1.165, 1.54) is 6.26 Å². The van der Waals surface area contributed by atoms with Gasteiger partial charge in [-0.15, -0.1) is 0 Å². The number of fused-ring (bicyclic) bond motifs is 1. The lowest BCUT2D eigenvalue weighted by Crippen LogP contribution is -1.96. The Morgan fingerprint density at radius 2 is 1.86 bits per heavy atom. The quantitative estimate of drug-likeness (QED) is 0.806. The molecule has 3 aromatic rings. The lowest BCUT2D eigenvalue weighted by Gasteiger charge is -1.98. The minimum absolute atomic E-state index is 0.289. The van der Waals surface area contributed by atoms with Crippen LogP contribution in [0.5, 0.6) is 0 Å². The average Bonchev–Trinajstić information content (AvgIpc) is 2.81. The summed E-state index contributed by atoms with van der Waals surface area (Å²) in [5.41, 5.74) is 2.56. The lowest BCUT2D eigenvalue weighted by atomic mass is 10.1. The zero-order valence-corrected chi connectivity index (χ0v) is 12.9. The third kappa shape index (κ3) is 3.09. The molecule has 1 aromatic heterocycles. The van der Waals surface area contributed by atoms with Gasteiger partial charge in [0.2, 0.25) is 0 Å². The minimum atomic E-state index is -3.21. The second-order valence-corrected chi connectivity index (χ2v) is 7.39. The number of rotatable bonds is 3. The number of H-pyrrole nitrogens is 1. The van der Waals surface area contributed by atoms with Crippen LogP contribution in [0.15, 0.2) is 47.4 Å². The number of aromatic nitrogens is 2. The maximum atomic E-state index is 11.6. The number of hydrogen-bond acceptors (Lipinski definition) is 3. The Bertz CT molecular complexity index is 899. The number of nitrogens with zero attached hydrogens (tertiary/aromatic N) is 1. The molecule has 6 heteroatoms. The van der Waals surface area contributed by atoms with Crippen LogP contribution in [0.4, 0.5) is 0 Å². The summed E-state index contributed by atoms with van der Waals surface area (Å²) in [4.78, 5) is 7.92. The molecule has 0 aliphatic heterocycles. The van der Waals surface area contributed by atoms with Gasteiger partial charge in [0, 0.05) is 17.7 Å². The van der Waals surface area contributed by atoms with Gasteiger partial charge in [0.05, 0.1) is 15.9 Å². The molecule has 0 aliphatic carbocycles. The number of halogens is 1. The van der Waals surface area contributed by atoms with Gasteiger partial charge < -0.3 is 4.98 Å². The molecule has 21 heavy (non-hydrogen) atoms. The first kappa shape index (κ1) is 14.1. The third-order valence-electron chi connectivity index (χ3n) is 3.22. The summed E-state index contributed by atoms with van der Waals surface area (Å²) in [6.07, 6.45) is 1.83. The predicted molar refractivity (Wildman–Crippen MR) is 83.5 cm³/mol. The molecule has 0 saturated heterocycles. The third-order valence-corrected chi connectivity index (χ3v) is 4.58. The van der Waals surface area contributed by atoms with Crippen molar-refractivity contribution in [2.45, 2.75) is 11.3 Å². The van der Waals surface area contributed by atoms with Crippen molar-refractivity contribution in [1.29, 1.82) is 0 Å². The molecule has 0 amide bonds. The maximum Gasteiger partial charge on any atom is 0.175 e. The zero-order chi connectivity index (χ0) is 15.0. The Balaban J connectivity index is 1.95. The first-order valence-corrected chi connectivity index (χ1v) is 8.62. The molecule has 0 atom stereocenters. The summed E-state index contributed by atoms with van der Waals surface area (Å²) < 4.78 is 23.1. The van der Waals surface area contributed by atoms with Crippen molar-refractivity contribution >= 4 is 32.5 Å². The van der Waals surface area contributed by atoms with Crippen LogP contribution in [-0.4, -0.2) is 24.6 Å². The molecule has 0 bridgehead atoms. The zero-order valence-electron chi connectivity index (χ0n) is 11.3. The van der Waals surface area contributed by atoms with Crippen molar-refractivity contribution in [3.8, 4) is 0 Å². The Morgan fingerprint density at radius 1 is 1.14 bits per heavy atom. The highest BCUT2D eigenvalue weighted by Crippen LogP contribution is 2.19. The molecule has 0 fully saturated rings. The summed E-state index contributed by atoms with van der Waals surface area (Å²) >= 11 is 5.86. The van der Waals surface area contributed by atoms with Gasteiger partial charge in [-0.2, -0.15) is 0 Å². The van der Waals surface area contributed by atoms with E-state index in [9.17, 15) is 8.42 Å². The van der Waals surface area contributed by atoms with Crippen molar-refractivity contribution in [3.05, 3.63) is 58.9 Å². The molecule has 0 aliphatic rings. The highest BCUT2D eigenvalue weighted by atomic mass is 35.5. The van der Waals surface area contributed by atoms with Crippen LogP contribution in [0.25, 0.3) is 11.0 Å². The summed E-state index contributed by atoms with van der Waals surface area (Å²) in [6, 6.07) is 12.5. The Kier molecular flexibility index (Phi) is 3.47. The second-order valence-electron chi connectivity index (χ2n) is 4.94. The number of benzene rings is 2. The van der Waals surface area contributed by atoms with Gasteiger partial charge >= 0.3 is 0 Å². The Morgan fingerprint density at radius 3 is 2.52 bits per heavy atom. The van der Waals surface area contributed by atoms with Crippen LogP contribution in [-0.2, 0) is 16.3 Å². The number of hydrogen-bond donors (Lipinski definition) is 1. The summed E-state index contributed by atoms with van der Waals surface area (Å²) in [6.45, 7) is 0. The molecular formula is C15H13ClN2O2S. The van der Waals surface area contributed by atoms with E-state index in [2.05, 4.69) is 9.97 Å². The molecule has 3 rings (SSSR count). The number of sulfone groups is 1. The van der Waals surface area contributed by atoms with E-state index >= 15 is 0 Å². The molecule has 2 aromatic carbocycles. The molecule has 0 radical (unpaired) electrons. The fourth-order valence-corrected chi connectivity index (χ4v) is 2.92. The van der Waals surface area contributed by atoms with Crippen LogP contribution < -0.4 is 0 Å². The van der Waals surface area contributed by atoms with Gasteiger partial charge in [0.1, 0.15) is 5.82 Å². The number of aromatic amines is 1. The summed E-state index contributed by atoms with van der Waals surface area (Å²) in [7, 11) is -3.21. The smallest absolute Gasteiger partial charge is 0.175 e. The van der Waals surface area contributed by atoms with Crippen LogP contribution in [0.1, 0.15) is 11.4 Å². The van der Waals surface area contributed by atoms with E-state index in [0.717, 1.165) is 22.4 Å². The number of nitrogens with one attached hydrogen (secondary N) is 1. The van der Waals surface area contributed by atoms with Gasteiger partial charge in [-0.25, -0.2) is 13.4 Å². The van der Waals surface area contributed by atoms with Crippen LogP contribution in [0.2, 0.25) is 5.02 Å². The lowest BCUT2D eigenvalue weighted by molar-refractivity contribution is 0.602. The molecule has 1 N–H and O–H groups in total. The molecule has 0 spiro atoms. The van der Waals surface area contributed by atoms with Crippen molar-refractivity contribution in [2.75, 3.05) is 6.26 Å². The first-order valence-electron chi connectivity index (χ1n) is 6.35. The maximum absolute atomic E-state index is 11.6. The molecule has 4 nitrogen and oxygen atoms in total. The van der Waals surface area contributed by atoms with Crippen molar-refractivity contribution in [3.63, 3.8) is 0 Å². The van der Waals surface area contributed by atoms with Crippen molar-refractivity contribution < 1.29 is 8.42 Å². The van der Waals surface area contributed by atoms with E-state index in [0.29, 0.717) is 11.4 Å². The highest BCUT2D eigenvalue weighted by molar-refractivity contribution is 7.90. The van der Waals surface area contributed by atoms with Gasteiger partial charge in [-0.3, -0.25) is 0 Å². The van der Waals surface area contributed by atoms with Crippen LogP contribution >= 0.6 is 11.6 Å². The fourth-order valence-electron chi connectivity index (χ4n) is 2.15. The van der Waals surface area contributed by atoms with Gasteiger partial charge in [-0.05, 0) is 35.9 Å².